The van der Waals surface area contributed by atoms with Crippen LogP contribution >= 0.6 is 0 Å². The van der Waals surface area contributed by atoms with Crippen LogP contribution in [0.2, 0.25) is 0 Å². The maximum atomic E-state index is 12.2. The second kappa shape index (κ2) is 8.17. The van der Waals surface area contributed by atoms with Crippen LogP contribution in [-0.2, 0) is 13.1 Å². The van der Waals surface area contributed by atoms with Gasteiger partial charge in [0.05, 0.1) is 17.2 Å². The Balaban J connectivity index is 1.69. The molecule has 3 aromatic carbocycles. The van der Waals surface area contributed by atoms with Gasteiger partial charge in [0.25, 0.3) is 0 Å². The van der Waals surface area contributed by atoms with Gasteiger partial charge in [0.2, 0.25) is 0 Å². The number of aromatic nitrogens is 1. The topological polar surface area (TPSA) is 57.5 Å². The number of pyridine rings is 1. The van der Waals surface area contributed by atoms with Gasteiger partial charge in [-0.05, 0) is 17.7 Å². The number of aromatic carboxylic acids is 1. The molecule has 1 aromatic heterocycles. The van der Waals surface area contributed by atoms with Crippen molar-refractivity contribution in [3.05, 3.63) is 113 Å². The lowest BCUT2D eigenvalue weighted by Crippen LogP contribution is -3.10. The molecule has 1 unspecified atom stereocenters. The summed E-state index contributed by atoms with van der Waals surface area (Å²) in [6, 6.07) is 27.8. The molecule has 5 rings (SSSR count). The zero-order chi connectivity index (χ0) is 21.2. The third-order valence-corrected chi connectivity index (χ3v) is 5.81. The van der Waals surface area contributed by atoms with E-state index in [0.717, 1.165) is 35.5 Å². The molecule has 1 atom stereocenters. The first-order valence-corrected chi connectivity index (χ1v) is 10.5. The zero-order valence-corrected chi connectivity index (χ0v) is 17.0. The Bertz CT molecular complexity index is 1280. The van der Waals surface area contributed by atoms with Crippen LogP contribution < -0.4 is 10.0 Å². The number of hydrogen-bond donors (Lipinski definition) is 1. The highest BCUT2D eigenvalue weighted by atomic mass is 16.4. The van der Waals surface area contributed by atoms with Crippen molar-refractivity contribution in [2.75, 3.05) is 6.54 Å². The fourth-order valence-electron chi connectivity index (χ4n) is 4.47. The summed E-state index contributed by atoms with van der Waals surface area (Å²) >= 11 is 0. The smallest absolute Gasteiger partial charge is 0.106 e. The average Bonchev–Trinajstić information content (AvgIpc) is 2.79. The van der Waals surface area contributed by atoms with E-state index in [-0.39, 0.29) is 5.56 Å². The van der Waals surface area contributed by atoms with Gasteiger partial charge in [-0.1, -0.05) is 78.9 Å². The summed E-state index contributed by atoms with van der Waals surface area (Å²) < 4.78 is 0. The van der Waals surface area contributed by atoms with Crippen LogP contribution in [0.15, 0.2) is 84.9 Å². The molecule has 0 saturated carbocycles. The Kier molecular flexibility index (Phi) is 5.06. The van der Waals surface area contributed by atoms with E-state index in [4.69, 9.17) is 4.98 Å². The number of carbonyl (C=O) groups is 1. The van der Waals surface area contributed by atoms with Gasteiger partial charge in [0.15, 0.2) is 0 Å². The van der Waals surface area contributed by atoms with Crippen molar-refractivity contribution >= 4 is 28.5 Å². The molecule has 31 heavy (non-hydrogen) atoms. The quantitative estimate of drug-likeness (QED) is 0.567. The highest BCUT2D eigenvalue weighted by Crippen LogP contribution is 2.29. The highest BCUT2D eigenvalue weighted by molar-refractivity contribution is 6.05. The van der Waals surface area contributed by atoms with Crippen LogP contribution in [0.4, 0.5) is 0 Å². The average molecular weight is 406 g/mol. The van der Waals surface area contributed by atoms with Crippen LogP contribution in [-0.4, -0.2) is 17.5 Å². The number of nitrogens with one attached hydrogen (secondary N) is 1. The minimum atomic E-state index is -1.14. The normalized spacial score (nSPS) is 16.9. The summed E-state index contributed by atoms with van der Waals surface area (Å²) in [4.78, 5) is 18.4. The van der Waals surface area contributed by atoms with Crippen LogP contribution in [0, 0.1) is 0 Å². The third kappa shape index (κ3) is 3.86. The number of benzene rings is 3. The van der Waals surface area contributed by atoms with E-state index >= 15 is 0 Å². The van der Waals surface area contributed by atoms with Gasteiger partial charge in [0, 0.05) is 27.6 Å². The molecule has 152 valence electrons. The molecule has 0 bridgehead atoms. The molecule has 4 heteroatoms. The number of rotatable bonds is 4. The Morgan fingerprint density at radius 3 is 2.32 bits per heavy atom. The Labute approximate surface area is 181 Å². The number of carboxylic acids is 1. The minimum Gasteiger partial charge on any atom is -0.545 e. The third-order valence-electron chi connectivity index (χ3n) is 5.81. The molecular weight excluding hydrogens is 384 g/mol. The second-order valence-electron chi connectivity index (χ2n) is 7.96. The number of hydrogen-bond acceptors (Lipinski definition) is 3. The number of carbonyl (C=O) groups excluding carboxylic acids is 1. The molecule has 0 fully saturated rings. The maximum Gasteiger partial charge on any atom is 0.106 e. The first-order valence-electron chi connectivity index (χ1n) is 10.5. The number of quaternary nitrogens is 1. The van der Waals surface area contributed by atoms with Gasteiger partial charge >= 0.3 is 0 Å². The lowest BCUT2D eigenvalue weighted by molar-refractivity contribution is -0.921. The molecule has 0 radical (unpaired) electrons. The molecule has 0 aliphatic carbocycles. The van der Waals surface area contributed by atoms with E-state index in [1.807, 2.05) is 60.7 Å². The highest BCUT2D eigenvalue weighted by Gasteiger charge is 2.29. The van der Waals surface area contributed by atoms with Crippen molar-refractivity contribution in [3.63, 3.8) is 0 Å². The summed E-state index contributed by atoms with van der Waals surface area (Å²) in [5.74, 6) is -1.14. The fourth-order valence-corrected chi connectivity index (χ4v) is 4.47. The Hall–Kier alpha value is -3.76. The van der Waals surface area contributed by atoms with Crippen LogP contribution in [0.5, 0.6) is 0 Å². The first-order chi connectivity index (χ1) is 15.2. The number of fused-ring (bicyclic) bond motifs is 2. The molecule has 1 aliphatic heterocycles. The van der Waals surface area contributed by atoms with E-state index in [1.165, 1.54) is 10.5 Å². The molecule has 1 N–H and O–H groups in total. The molecule has 4 aromatic rings. The van der Waals surface area contributed by atoms with Gasteiger partial charge in [-0.15, -0.1) is 0 Å². The van der Waals surface area contributed by atoms with Crippen molar-refractivity contribution in [2.24, 2.45) is 0 Å². The summed E-state index contributed by atoms with van der Waals surface area (Å²) in [5, 5.41) is 12.9. The van der Waals surface area contributed by atoms with Crippen LogP contribution in [0.1, 0.15) is 32.7 Å². The minimum absolute atomic E-state index is 0.268. The summed E-state index contributed by atoms with van der Waals surface area (Å²) in [6.45, 7) is 2.18. The number of carboxylic acid groups (broad SMARTS) is 1. The number of para-hydroxylation sites is 1. The van der Waals surface area contributed by atoms with Crippen molar-refractivity contribution < 1.29 is 14.8 Å². The van der Waals surface area contributed by atoms with Gasteiger partial charge in [-0.3, -0.25) is 0 Å². The largest absolute Gasteiger partial charge is 0.545 e. The van der Waals surface area contributed by atoms with Crippen molar-refractivity contribution in [1.29, 1.82) is 0 Å². The van der Waals surface area contributed by atoms with Gasteiger partial charge in [0.1, 0.15) is 19.6 Å². The Morgan fingerprint density at radius 2 is 1.58 bits per heavy atom. The van der Waals surface area contributed by atoms with Crippen LogP contribution in [0.3, 0.4) is 0 Å². The van der Waals surface area contributed by atoms with Crippen molar-refractivity contribution in [1.82, 2.24) is 4.98 Å². The monoisotopic (exact) mass is 406 g/mol. The molecular formula is C27H22N2O2. The van der Waals surface area contributed by atoms with E-state index in [2.05, 4.69) is 30.3 Å². The first kappa shape index (κ1) is 19.2. The second-order valence-corrected chi connectivity index (χ2v) is 7.96. The lowest BCUT2D eigenvalue weighted by Gasteiger charge is -2.30. The summed E-state index contributed by atoms with van der Waals surface area (Å²) in [7, 11) is 0. The molecule has 0 saturated heterocycles. The zero-order valence-electron chi connectivity index (χ0n) is 17.0. The maximum absolute atomic E-state index is 12.2. The van der Waals surface area contributed by atoms with Crippen LogP contribution in [0.25, 0.3) is 22.6 Å². The Morgan fingerprint density at radius 1 is 0.903 bits per heavy atom. The summed E-state index contributed by atoms with van der Waals surface area (Å²) in [6.07, 6.45) is 2.13. The molecule has 4 nitrogen and oxygen atoms in total. The lowest BCUT2D eigenvalue weighted by atomic mass is 9.91. The standard InChI is InChI=1S/C27H22N2O2/c30-27(31)25-22-13-7-8-14-24(22)28-26-21(15-19-9-3-1-4-10-19)17-29(18-23(25)26)16-20-11-5-2-6-12-20/h1-15H,16-18H2,(H,30,31)/b21-15+. The molecule has 2 heterocycles. The van der Waals surface area contributed by atoms with Gasteiger partial charge in [-0.2, -0.15) is 0 Å². The van der Waals surface area contributed by atoms with E-state index < -0.39 is 5.97 Å². The SMILES string of the molecule is O=C([O-])c1c2c(nc3ccccc13)/C(=C/c1ccccc1)C[NH+](Cc1ccccc1)C2. The molecule has 0 amide bonds. The van der Waals surface area contributed by atoms with E-state index in [0.29, 0.717) is 17.4 Å². The summed E-state index contributed by atoms with van der Waals surface area (Å²) in [5.41, 5.74) is 5.84. The van der Waals surface area contributed by atoms with Crippen molar-refractivity contribution in [3.8, 4) is 0 Å². The van der Waals surface area contributed by atoms with E-state index in [9.17, 15) is 9.90 Å². The van der Waals surface area contributed by atoms with Crippen molar-refractivity contribution in [2.45, 2.75) is 13.1 Å². The fraction of sp³-hybridized carbons (Fsp3) is 0.111. The van der Waals surface area contributed by atoms with E-state index in [1.54, 1.807) is 0 Å². The number of nitrogens with zero attached hydrogens (tertiary/aromatic N) is 1. The predicted octanol–water partition coefficient (Wildman–Crippen LogP) is 2.74. The van der Waals surface area contributed by atoms with Gasteiger partial charge in [-0.25, -0.2) is 4.98 Å². The predicted molar refractivity (Wildman–Crippen MR) is 120 cm³/mol. The molecule has 0 spiro atoms. The van der Waals surface area contributed by atoms with Gasteiger partial charge < -0.3 is 14.8 Å². The molecule has 1 aliphatic rings.